The zero-order valence-corrected chi connectivity index (χ0v) is 6.27. The Hall–Kier alpha value is -0.450. The summed E-state index contributed by atoms with van der Waals surface area (Å²) in [6.45, 7) is 0. The van der Waals surface area contributed by atoms with Crippen molar-refractivity contribution in [2.24, 2.45) is 0 Å². The van der Waals surface area contributed by atoms with E-state index >= 15 is 0 Å². The second-order valence-corrected chi connectivity index (χ2v) is 3.92. The number of carbonyl (C=O) groups is 1. The van der Waals surface area contributed by atoms with E-state index < -0.39 is 5.97 Å². The molecule has 46 valence electrons. The second-order valence-electron chi connectivity index (χ2n) is 1.41. The molecule has 0 bridgehead atoms. The van der Waals surface area contributed by atoms with Crippen LogP contribution in [0.25, 0.3) is 0 Å². The molecule has 0 atom stereocenters. The van der Waals surface area contributed by atoms with E-state index in [1.54, 1.807) is 12.1 Å². The lowest BCUT2D eigenvalue weighted by atomic mass is 10.5. The van der Waals surface area contributed by atoms with E-state index in [2.05, 4.69) is 0 Å². The molecule has 1 aromatic heterocycles. The van der Waals surface area contributed by atoms with Crippen molar-refractivity contribution >= 4 is 21.7 Å². The van der Waals surface area contributed by atoms with E-state index in [9.17, 15) is 4.79 Å². The molecule has 4 heteroatoms. The monoisotopic (exact) mass is 158 g/mol. The molecule has 1 aromatic rings. The van der Waals surface area contributed by atoms with Crippen LogP contribution in [-0.4, -0.2) is 11.1 Å². The number of aromatic carboxylic acids is 1. The maximum absolute atomic E-state index is 10.2. The van der Waals surface area contributed by atoms with Gasteiger partial charge in [0.25, 0.3) is 0 Å². The summed E-state index contributed by atoms with van der Waals surface area (Å²) in [6.07, 6.45) is 0. The van der Waals surface area contributed by atoms with Crippen LogP contribution in [0.3, 0.4) is 0 Å². The highest BCUT2D eigenvalue weighted by molar-refractivity contribution is 7.90. The van der Waals surface area contributed by atoms with Crippen molar-refractivity contribution in [2.75, 3.05) is 0 Å². The van der Waals surface area contributed by atoms with E-state index in [1.807, 2.05) is 5.80 Å². The number of hydrogen-bond donors (Lipinski definition) is 1. The van der Waals surface area contributed by atoms with Crippen LogP contribution in [0.2, 0.25) is 0 Å². The molecule has 0 fully saturated rings. The van der Waals surface area contributed by atoms with Crippen molar-refractivity contribution in [3.63, 3.8) is 0 Å². The van der Waals surface area contributed by atoms with Crippen LogP contribution in [0, 0.1) is 0 Å². The van der Waals surface area contributed by atoms with Crippen molar-refractivity contribution in [1.29, 1.82) is 0 Å². The van der Waals surface area contributed by atoms with Gasteiger partial charge < -0.3 is 5.11 Å². The van der Waals surface area contributed by atoms with Gasteiger partial charge in [0.2, 0.25) is 0 Å². The van der Waals surface area contributed by atoms with Crippen LogP contribution in [0.1, 0.15) is 10.1 Å². The summed E-state index contributed by atoms with van der Waals surface area (Å²) in [5.74, 6) is 1.11. The summed E-state index contributed by atoms with van der Waals surface area (Å²) in [4.78, 5) is 10.2. The second kappa shape index (κ2) is 2.91. The van der Waals surface area contributed by atoms with Crippen LogP contribution < -0.4 is 0 Å². The molecule has 0 aliphatic carbocycles. The molecular weight excluding hydrogens is 154 g/mol. The first-order valence-corrected chi connectivity index (χ1v) is 4.88. The third-order valence-electron chi connectivity index (χ3n) is 0.791. The summed E-state index contributed by atoms with van der Waals surface area (Å²) in [7, 11) is 1.91. The predicted octanol–water partition coefficient (Wildman–Crippen LogP) is 2.54. The Balaban J connectivity index is 2.98. The van der Waals surface area contributed by atoms with Crippen LogP contribution >= 0.6 is 15.7 Å². The number of rotatable bonds is 1. The van der Waals surface area contributed by atoms with Gasteiger partial charge in [-0.1, -0.05) is 6.07 Å². The molecular formula is C5H4O2P2. The summed E-state index contributed by atoms with van der Waals surface area (Å²) in [5, 5.41) is 8.90. The molecule has 0 saturated carbocycles. The summed E-state index contributed by atoms with van der Waals surface area (Å²) >= 11 is 0. The van der Waals surface area contributed by atoms with Crippen molar-refractivity contribution in [3.8, 4) is 0 Å². The average molecular weight is 158 g/mol. The number of carboxylic acids is 1. The molecule has 9 heavy (non-hydrogen) atoms. The van der Waals surface area contributed by atoms with Gasteiger partial charge in [0, 0.05) is 0 Å². The van der Waals surface area contributed by atoms with Crippen LogP contribution in [0.4, 0.5) is 0 Å². The van der Waals surface area contributed by atoms with Gasteiger partial charge in [-0.2, -0.15) is 0 Å². The topological polar surface area (TPSA) is 37.3 Å². The molecule has 1 rings (SSSR count). The van der Waals surface area contributed by atoms with Gasteiger partial charge in [0.1, 0.15) is 0 Å². The minimum Gasteiger partial charge on any atom is -0.477 e. The molecule has 0 saturated heterocycles. The standard InChI is InChI=1S/C5H4O2P2/c6-5(7)4-2-1-3-8-9-4/h1-3H,(H,6,7). The first-order chi connectivity index (χ1) is 4.30. The first-order valence-electron chi connectivity index (χ1n) is 2.31. The van der Waals surface area contributed by atoms with Crippen molar-refractivity contribution < 1.29 is 9.90 Å². The fourth-order valence-electron chi connectivity index (χ4n) is 0.416. The Bertz CT molecular complexity index is 209. The van der Waals surface area contributed by atoms with Crippen molar-refractivity contribution in [1.82, 2.24) is 0 Å². The Kier molecular flexibility index (Phi) is 2.16. The lowest BCUT2D eigenvalue weighted by Gasteiger charge is -1.86. The van der Waals surface area contributed by atoms with Crippen LogP contribution in [-0.2, 0) is 0 Å². The fourth-order valence-corrected chi connectivity index (χ4v) is 2.27. The quantitative estimate of drug-likeness (QED) is 0.681. The van der Waals surface area contributed by atoms with E-state index in [4.69, 9.17) is 5.11 Å². The third-order valence-corrected chi connectivity index (χ3v) is 3.16. The largest absolute Gasteiger partial charge is 0.477 e. The van der Waals surface area contributed by atoms with Gasteiger partial charge in [-0.05, 0) is 27.6 Å². The number of carboxylic acid groups (broad SMARTS) is 1. The van der Waals surface area contributed by atoms with E-state index in [0.717, 1.165) is 15.7 Å². The highest BCUT2D eigenvalue weighted by Crippen LogP contribution is 2.23. The first kappa shape index (κ1) is 6.67. The molecule has 0 amide bonds. The molecule has 0 aliphatic heterocycles. The van der Waals surface area contributed by atoms with E-state index in [-0.39, 0.29) is 0 Å². The zero-order valence-electron chi connectivity index (χ0n) is 4.48. The Morgan fingerprint density at radius 1 is 1.67 bits per heavy atom. The highest BCUT2D eigenvalue weighted by Gasteiger charge is 1.98. The summed E-state index contributed by atoms with van der Waals surface area (Å²) in [6, 6.07) is 3.39. The minimum absolute atomic E-state index is 0.471. The lowest BCUT2D eigenvalue weighted by Crippen LogP contribution is -1.89. The Morgan fingerprint density at radius 2 is 2.44 bits per heavy atom. The summed E-state index contributed by atoms with van der Waals surface area (Å²) < 4.78 is 0. The minimum atomic E-state index is -0.812. The smallest absolute Gasteiger partial charge is 0.340 e. The van der Waals surface area contributed by atoms with Gasteiger partial charge in [-0.25, -0.2) is 4.79 Å². The van der Waals surface area contributed by atoms with Gasteiger partial charge >= 0.3 is 5.97 Å². The fraction of sp³-hybridized carbons (Fsp3) is 0. The van der Waals surface area contributed by atoms with E-state index in [0.29, 0.717) is 5.30 Å². The molecule has 0 aromatic carbocycles. The SMILES string of the molecule is O=C(O)c1cccpp1. The zero-order chi connectivity index (χ0) is 6.69. The van der Waals surface area contributed by atoms with Crippen LogP contribution in [0.15, 0.2) is 17.9 Å². The molecule has 0 unspecified atom stereocenters. The van der Waals surface area contributed by atoms with Gasteiger partial charge in [-0.3, -0.25) is 0 Å². The van der Waals surface area contributed by atoms with Crippen molar-refractivity contribution in [2.45, 2.75) is 0 Å². The molecule has 0 aliphatic rings. The molecule has 0 radical (unpaired) electrons. The van der Waals surface area contributed by atoms with E-state index in [1.165, 1.54) is 0 Å². The Morgan fingerprint density at radius 3 is 2.78 bits per heavy atom. The van der Waals surface area contributed by atoms with Gasteiger partial charge in [0.05, 0.1) is 5.30 Å². The molecule has 2 nitrogen and oxygen atoms in total. The normalized spacial score (nSPS) is 10.7. The third kappa shape index (κ3) is 1.74. The number of hydrogen-bond acceptors (Lipinski definition) is 1. The lowest BCUT2D eigenvalue weighted by molar-refractivity contribution is 0.0702. The maximum atomic E-state index is 10.2. The summed E-state index contributed by atoms with van der Waals surface area (Å²) in [5.41, 5.74) is 0. The predicted molar refractivity (Wildman–Crippen MR) is 38.4 cm³/mol. The molecule has 0 spiro atoms. The van der Waals surface area contributed by atoms with Crippen LogP contribution in [0.5, 0.6) is 0 Å². The maximum Gasteiger partial charge on any atom is 0.340 e. The van der Waals surface area contributed by atoms with Gasteiger partial charge in [-0.15, -0.1) is 0 Å². The van der Waals surface area contributed by atoms with Crippen molar-refractivity contribution in [3.05, 3.63) is 23.2 Å². The molecule has 1 N–H and O–H groups in total. The molecule has 1 heterocycles. The Labute approximate surface area is 55.6 Å². The highest BCUT2D eigenvalue weighted by atomic mass is 31.8. The van der Waals surface area contributed by atoms with Gasteiger partial charge in [0.15, 0.2) is 0 Å². The average Bonchev–Trinajstić information content (AvgIpc) is 1.90.